The van der Waals surface area contributed by atoms with E-state index >= 15 is 0 Å². The summed E-state index contributed by atoms with van der Waals surface area (Å²) in [5.41, 5.74) is 1.85. The Morgan fingerprint density at radius 3 is 1.46 bits per heavy atom. The third-order valence-electron chi connectivity index (χ3n) is 10.4. The molecule has 4 fully saturated rings. The van der Waals surface area contributed by atoms with Crippen LogP contribution < -0.4 is 34.9 Å². The number of nitrogens with one attached hydrogen (secondary N) is 1. The molecule has 2 aromatic carbocycles. The van der Waals surface area contributed by atoms with Gasteiger partial charge in [0.2, 0.25) is 5.97 Å². The van der Waals surface area contributed by atoms with Gasteiger partial charge in [-0.25, -0.2) is 29.0 Å². The number of Topliss-reactive ketones (excluding diaryl/α,β-unsaturated/α-hetero) is 1. The minimum Gasteiger partial charge on any atom is -0.793 e. The third kappa shape index (κ3) is 28.0. The minimum absolute atomic E-state index is 0. The van der Waals surface area contributed by atoms with E-state index in [2.05, 4.69) is 57.0 Å². The van der Waals surface area contributed by atoms with E-state index in [1.54, 1.807) is 4.90 Å². The van der Waals surface area contributed by atoms with Crippen LogP contribution >= 0.6 is 23.2 Å². The molecule has 15 nitrogen and oxygen atoms in total. The number of hydrogen-bond acceptors (Lipinski definition) is 13. The maximum atomic E-state index is 12.3. The van der Waals surface area contributed by atoms with Crippen LogP contribution in [0.4, 0.5) is 9.59 Å². The molecule has 4 aliphatic rings. The molecule has 4 aliphatic heterocycles. The molecule has 2 amide bonds. The van der Waals surface area contributed by atoms with Crippen LogP contribution in [0.3, 0.4) is 0 Å². The first kappa shape index (κ1) is 61.6. The van der Waals surface area contributed by atoms with Crippen molar-refractivity contribution in [2.45, 2.75) is 156 Å². The summed E-state index contributed by atoms with van der Waals surface area (Å²) in [4.78, 5) is 77.6. The number of benzene rings is 2. The normalized spacial score (nSPS) is 18.3. The number of likely N-dealkylation sites (tertiary alicyclic amines) is 3. The summed E-state index contributed by atoms with van der Waals surface area (Å²) < 4.78 is 14.3. The number of piperidine rings is 2. The monoisotopic (exact) mass is 983 g/mol. The van der Waals surface area contributed by atoms with Crippen LogP contribution in [0.1, 0.15) is 125 Å². The number of amides is 2. The molecule has 0 aromatic heterocycles. The Hall–Kier alpha value is -3.38. The van der Waals surface area contributed by atoms with Crippen LogP contribution in [0.2, 0.25) is 10.0 Å². The minimum atomic E-state index is -0.639. The standard InChI is InChI=1S/C21H31ClN2O2.C11H14ClN.C10H17NO3.C4H6O4.C2H3BO2.Na/c1-21(2,3)26-20(25)23-13-10-18(11-14-23)24-12-4-5-19(24)15-16-6-8-17(22)9-7-16;12-10-5-3-9(4-6-10)8-11-2-1-7-13-11;1-10(2,3)14-9(13)11-6-4-8(12)5-7-11;1-3(5)7-8-4(2)6;1-2(4)5-3;/h6-9,18-19H,4-5,10-15H2,1-3H3;3-6,11,13H,1-2,7-8H2;4-7H2,1-3H3;1-2H3;1H3;/q;;;;-1;+1/t19-;11-;;;;/m11..../s1. The smallest absolute Gasteiger partial charge is 0.793 e. The largest absolute Gasteiger partial charge is 1.00 e. The fourth-order valence-electron chi connectivity index (χ4n) is 7.38. The first-order valence-electron chi connectivity index (χ1n) is 22.6. The molecular weight excluding hydrogens is 913 g/mol. The molecule has 0 unspecified atom stereocenters. The molecule has 4 heterocycles. The van der Waals surface area contributed by atoms with Crippen LogP contribution in [0.5, 0.6) is 0 Å². The van der Waals surface area contributed by atoms with Gasteiger partial charge in [-0.2, -0.15) is 0 Å². The van der Waals surface area contributed by atoms with Gasteiger partial charge in [-0.05, 0) is 141 Å². The van der Waals surface area contributed by atoms with Gasteiger partial charge in [0.1, 0.15) is 17.0 Å². The van der Waals surface area contributed by atoms with Gasteiger partial charge >= 0.3 is 53.7 Å². The predicted molar refractivity (Wildman–Crippen MR) is 255 cm³/mol. The predicted octanol–water partition coefficient (Wildman–Crippen LogP) is 5.63. The number of carbonyl (C=O) groups excluding carboxylic acids is 6. The molecule has 1 N–H and O–H groups in total. The van der Waals surface area contributed by atoms with Gasteiger partial charge in [0.25, 0.3) is 0 Å². The average Bonchev–Trinajstić information content (AvgIpc) is 3.94. The average molecular weight is 985 g/mol. The Bertz CT molecular complexity index is 1790. The Morgan fingerprint density at radius 2 is 1.07 bits per heavy atom. The summed E-state index contributed by atoms with van der Waals surface area (Å²) >= 11 is 11.8. The molecule has 3 radical (unpaired) electrons. The Balaban J connectivity index is 0.000000465. The first-order valence-corrected chi connectivity index (χ1v) is 23.4. The molecule has 0 aliphatic carbocycles. The van der Waals surface area contributed by atoms with E-state index in [-0.39, 0.29) is 47.5 Å². The summed E-state index contributed by atoms with van der Waals surface area (Å²) in [6.45, 7) is 19.7. The van der Waals surface area contributed by atoms with Crippen LogP contribution in [0, 0.1) is 0 Å². The number of ether oxygens (including phenoxy) is 2. The van der Waals surface area contributed by atoms with Gasteiger partial charge < -0.3 is 37.3 Å². The quantitative estimate of drug-likeness (QED) is 0.223. The molecule has 0 spiro atoms. The van der Waals surface area contributed by atoms with E-state index < -0.39 is 29.1 Å². The van der Waals surface area contributed by atoms with Crippen molar-refractivity contribution < 1.29 is 82.2 Å². The van der Waals surface area contributed by atoms with Gasteiger partial charge in [0.05, 0.1) is 0 Å². The Kier molecular flexibility index (Phi) is 29.2. The van der Waals surface area contributed by atoms with Gasteiger partial charge in [-0.3, -0.25) is 14.5 Å². The van der Waals surface area contributed by atoms with Crippen LogP contribution in [-0.2, 0) is 55.9 Å². The van der Waals surface area contributed by atoms with E-state index in [0.717, 1.165) is 62.7 Å². The Morgan fingerprint density at radius 1 is 0.642 bits per heavy atom. The van der Waals surface area contributed by atoms with Crippen molar-refractivity contribution in [3.05, 3.63) is 69.7 Å². The number of hydrogen-bond donors (Lipinski definition) is 1. The van der Waals surface area contributed by atoms with Crippen molar-refractivity contribution in [3.63, 3.8) is 0 Å². The third-order valence-corrected chi connectivity index (χ3v) is 10.9. The second-order valence-corrected chi connectivity index (χ2v) is 19.3. The number of carbonyl (C=O) groups is 6. The number of nitrogens with zero attached hydrogens (tertiary/aromatic N) is 3. The van der Waals surface area contributed by atoms with Crippen molar-refractivity contribution in [1.82, 2.24) is 20.0 Å². The molecule has 6 rings (SSSR count). The number of rotatable bonds is 5. The second-order valence-electron chi connectivity index (χ2n) is 18.5. The van der Waals surface area contributed by atoms with Crippen molar-refractivity contribution in [1.29, 1.82) is 0 Å². The molecule has 19 heteroatoms. The van der Waals surface area contributed by atoms with Crippen LogP contribution in [-0.4, -0.2) is 127 Å². The zero-order valence-electron chi connectivity index (χ0n) is 41.3. The SMILES string of the molecule is CC(=O)OOC(C)=O.CC(C)(C)OC(=O)N1CCC(=O)CC1.CC(C)(C)OC(=O)N1CCC(N2CCC[C@@H]2Cc2ccc(Cl)cc2)CC1.Clc1ccc(C[C@H]2CCCN2)cc1.[B-]OC(C)=O.[Na+]. The molecule has 2 atom stereocenters. The molecule has 367 valence electrons. The van der Waals surface area contributed by atoms with Crippen molar-refractivity contribution in [2.24, 2.45) is 0 Å². The summed E-state index contributed by atoms with van der Waals surface area (Å²) in [6.07, 6.45) is 9.88. The fourth-order valence-corrected chi connectivity index (χ4v) is 7.63. The first-order chi connectivity index (χ1) is 30.9. The second kappa shape index (κ2) is 31.7. The van der Waals surface area contributed by atoms with E-state index in [4.69, 9.17) is 32.7 Å². The van der Waals surface area contributed by atoms with E-state index in [0.29, 0.717) is 44.1 Å². The van der Waals surface area contributed by atoms with Crippen LogP contribution in [0.25, 0.3) is 0 Å². The Labute approximate surface area is 431 Å². The van der Waals surface area contributed by atoms with Gasteiger partial charge in [0, 0.05) is 88.0 Å². The van der Waals surface area contributed by atoms with Crippen molar-refractivity contribution in [3.8, 4) is 0 Å². The van der Waals surface area contributed by atoms with Gasteiger partial charge in [-0.15, -0.1) is 0 Å². The molecule has 0 saturated carbocycles. The fraction of sp³-hybridized carbons (Fsp3) is 0.625. The maximum absolute atomic E-state index is 12.3. The summed E-state index contributed by atoms with van der Waals surface area (Å²) in [5.74, 6) is -1.52. The molecule has 4 saturated heterocycles. The summed E-state index contributed by atoms with van der Waals surface area (Å²) in [6, 6.07) is 18.3. The maximum Gasteiger partial charge on any atom is 1.00 e. The van der Waals surface area contributed by atoms with Gasteiger partial charge in [0.15, 0.2) is 0 Å². The number of halogens is 2. The van der Waals surface area contributed by atoms with Crippen LogP contribution in [0.15, 0.2) is 48.5 Å². The van der Waals surface area contributed by atoms with E-state index in [1.807, 2.05) is 70.7 Å². The van der Waals surface area contributed by atoms with E-state index in [9.17, 15) is 28.8 Å². The molecular formula is C48H71BCl2N4NaO11. The van der Waals surface area contributed by atoms with Crippen molar-refractivity contribution in [2.75, 3.05) is 39.3 Å². The topological polar surface area (TPSA) is 170 Å². The molecule has 2 aromatic rings. The molecule has 0 bridgehead atoms. The zero-order chi connectivity index (χ0) is 49.5. The summed E-state index contributed by atoms with van der Waals surface area (Å²) in [5, 5.41) is 5.11. The summed E-state index contributed by atoms with van der Waals surface area (Å²) in [7, 11) is 4.32. The molecule has 67 heavy (non-hydrogen) atoms. The number of ketones is 1. The van der Waals surface area contributed by atoms with E-state index in [1.165, 1.54) is 56.8 Å². The van der Waals surface area contributed by atoms with Gasteiger partial charge in [-0.1, -0.05) is 47.5 Å². The van der Waals surface area contributed by atoms with Crippen molar-refractivity contribution >= 4 is 67.1 Å². The zero-order valence-corrected chi connectivity index (χ0v) is 44.8.